The molecular formula is C15H13F3N2. The SMILES string of the molecule is Cc1ccc(/C=N/Nc2ccccc2C(F)(F)F)cc1. The highest BCUT2D eigenvalue weighted by Crippen LogP contribution is 2.34. The predicted octanol–water partition coefficient (Wildman–Crippen LogP) is 4.46. The summed E-state index contributed by atoms with van der Waals surface area (Å²) < 4.78 is 38.3. The summed E-state index contributed by atoms with van der Waals surface area (Å²) in [5.41, 5.74) is 3.55. The molecule has 0 unspecified atom stereocenters. The maximum atomic E-state index is 12.8. The van der Waals surface area contributed by atoms with Crippen LogP contribution >= 0.6 is 0 Å². The van der Waals surface area contributed by atoms with Crippen LogP contribution in [0.4, 0.5) is 18.9 Å². The van der Waals surface area contributed by atoms with Gasteiger partial charge in [-0.15, -0.1) is 0 Å². The van der Waals surface area contributed by atoms with Crippen LogP contribution in [0.3, 0.4) is 0 Å². The van der Waals surface area contributed by atoms with Crippen molar-refractivity contribution in [2.75, 3.05) is 5.43 Å². The number of para-hydroxylation sites is 1. The second kappa shape index (κ2) is 5.77. The van der Waals surface area contributed by atoms with Crippen LogP contribution < -0.4 is 5.43 Å². The van der Waals surface area contributed by atoms with E-state index in [2.05, 4.69) is 10.5 Å². The van der Waals surface area contributed by atoms with Gasteiger partial charge in [0.25, 0.3) is 0 Å². The Morgan fingerprint density at radius 3 is 2.30 bits per heavy atom. The van der Waals surface area contributed by atoms with E-state index in [0.29, 0.717) is 0 Å². The summed E-state index contributed by atoms with van der Waals surface area (Å²) in [6, 6.07) is 12.7. The average Bonchev–Trinajstić information content (AvgIpc) is 2.40. The first-order chi connectivity index (χ1) is 9.47. The van der Waals surface area contributed by atoms with Crippen LogP contribution in [0.15, 0.2) is 53.6 Å². The van der Waals surface area contributed by atoms with E-state index in [1.54, 1.807) is 0 Å². The third kappa shape index (κ3) is 3.60. The van der Waals surface area contributed by atoms with Gasteiger partial charge in [0.1, 0.15) is 0 Å². The molecule has 0 spiro atoms. The lowest BCUT2D eigenvalue weighted by atomic mass is 10.2. The number of benzene rings is 2. The Labute approximate surface area is 114 Å². The molecule has 20 heavy (non-hydrogen) atoms. The van der Waals surface area contributed by atoms with E-state index in [1.807, 2.05) is 31.2 Å². The molecule has 2 aromatic rings. The van der Waals surface area contributed by atoms with Crippen LogP contribution in [0.2, 0.25) is 0 Å². The number of nitrogens with zero attached hydrogens (tertiary/aromatic N) is 1. The molecule has 2 nitrogen and oxygen atoms in total. The minimum atomic E-state index is -4.40. The maximum Gasteiger partial charge on any atom is 0.418 e. The molecule has 0 aromatic heterocycles. The Morgan fingerprint density at radius 2 is 1.65 bits per heavy atom. The van der Waals surface area contributed by atoms with Gasteiger partial charge < -0.3 is 0 Å². The first-order valence-electron chi connectivity index (χ1n) is 5.99. The van der Waals surface area contributed by atoms with Crippen molar-refractivity contribution in [3.05, 3.63) is 65.2 Å². The first kappa shape index (κ1) is 14.1. The van der Waals surface area contributed by atoms with Crippen LogP contribution in [0, 0.1) is 6.92 Å². The number of hydrazone groups is 1. The zero-order valence-electron chi connectivity index (χ0n) is 10.8. The number of hydrogen-bond donors (Lipinski definition) is 1. The molecule has 2 aromatic carbocycles. The van der Waals surface area contributed by atoms with E-state index in [-0.39, 0.29) is 5.69 Å². The number of nitrogens with one attached hydrogen (secondary N) is 1. The van der Waals surface area contributed by atoms with Gasteiger partial charge in [0.05, 0.1) is 17.5 Å². The van der Waals surface area contributed by atoms with Crippen LogP contribution in [0.25, 0.3) is 0 Å². The lowest BCUT2D eigenvalue weighted by Gasteiger charge is -2.11. The molecule has 0 aliphatic carbocycles. The second-order valence-corrected chi connectivity index (χ2v) is 4.32. The normalized spacial score (nSPS) is 11.8. The van der Waals surface area contributed by atoms with Gasteiger partial charge in [0, 0.05) is 0 Å². The van der Waals surface area contributed by atoms with Crippen LogP contribution in [-0.4, -0.2) is 6.21 Å². The highest BCUT2D eigenvalue weighted by atomic mass is 19.4. The van der Waals surface area contributed by atoms with Crippen LogP contribution in [0.1, 0.15) is 16.7 Å². The monoisotopic (exact) mass is 278 g/mol. The Hall–Kier alpha value is -2.30. The number of alkyl halides is 3. The molecule has 0 bridgehead atoms. The molecule has 0 heterocycles. The van der Waals surface area contributed by atoms with E-state index in [0.717, 1.165) is 17.2 Å². The summed E-state index contributed by atoms with van der Waals surface area (Å²) in [7, 11) is 0. The quantitative estimate of drug-likeness (QED) is 0.650. The smallest absolute Gasteiger partial charge is 0.278 e. The number of halogens is 3. The summed E-state index contributed by atoms with van der Waals surface area (Å²) >= 11 is 0. The predicted molar refractivity (Wildman–Crippen MR) is 73.8 cm³/mol. The molecule has 104 valence electrons. The largest absolute Gasteiger partial charge is 0.418 e. The molecule has 0 amide bonds. The molecule has 5 heteroatoms. The van der Waals surface area contributed by atoms with Gasteiger partial charge >= 0.3 is 6.18 Å². The zero-order chi connectivity index (χ0) is 14.6. The van der Waals surface area contributed by atoms with E-state index in [1.165, 1.54) is 24.4 Å². The Morgan fingerprint density at radius 1 is 1.00 bits per heavy atom. The molecule has 0 saturated carbocycles. The topological polar surface area (TPSA) is 24.4 Å². The second-order valence-electron chi connectivity index (χ2n) is 4.32. The fourth-order valence-corrected chi connectivity index (χ4v) is 1.66. The van der Waals surface area contributed by atoms with Crippen LogP contribution in [-0.2, 0) is 6.18 Å². The summed E-state index contributed by atoms with van der Waals surface area (Å²) in [5, 5.41) is 3.84. The lowest BCUT2D eigenvalue weighted by Crippen LogP contribution is -2.08. The van der Waals surface area contributed by atoms with Gasteiger partial charge in [0.15, 0.2) is 0 Å². The standard InChI is InChI=1S/C15H13F3N2/c1-11-6-8-12(9-7-11)10-19-20-14-5-3-2-4-13(14)15(16,17)18/h2-10,20H,1H3/b19-10+. The molecule has 1 N–H and O–H groups in total. The molecular weight excluding hydrogens is 265 g/mol. The van der Waals surface area contributed by atoms with Gasteiger partial charge in [-0.05, 0) is 24.6 Å². The van der Waals surface area contributed by atoms with E-state index >= 15 is 0 Å². The Balaban J connectivity index is 2.13. The molecule has 0 radical (unpaired) electrons. The highest BCUT2D eigenvalue weighted by Gasteiger charge is 2.33. The Bertz CT molecular complexity index is 601. The van der Waals surface area contributed by atoms with E-state index in [4.69, 9.17) is 0 Å². The minimum Gasteiger partial charge on any atom is -0.278 e. The van der Waals surface area contributed by atoms with Crippen molar-refractivity contribution in [3.63, 3.8) is 0 Å². The fraction of sp³-hybridized carbons (Fsp3) is 0.133. The van der Waals surface area contributed by atoms with Crippen molar-refractivity contribution in [1.29, 1.82) is 0 Å². The highest BCUT2D eigenvalue weighted by molar-refractivity contribution is 5.80. The summed E-state index contributed by atoms with van der Waals surface area (Å²) in [5.74, 6) is 0. The number of rotatable bonds is 3. The number of hydrogen-bond acceptors (Lipinski definition) is 2. The van der Waals surface area contributed by atoms with Gasteiger partial charge in [0.2, 0.25) is 0 Å². The maximum absolute atomic E-state index is 12.8. The van der Waals surface area contributed by atoms with E-state index < -0.39 is 11.7 Å². The zero-order valence-corrected chi connectivity index (χ0v) is 10.8. The molecule has 0 fully saturated rings. The van der Waals surface area contributed by atoms with Crippen molar-refractivity contribution in [3.8, 4) is 0 Å². The third-order valence-corrected chi connectivity index (χ3v) is 2.71. The van der Waals surface area contributed by atoms with Crippen LogP contribution in [0.5, 0.6) is 0 Å². The van der Waals surface area contributed by atoms with Gasteiger partial charge in [-0.3, -0.25) is 5.43 Å². The Kier molecular flexibility index (Phi) is 4.08. The minimum absolute atomic E-state index is 0.0663. The molecule has 0 aliphatic rings. The molecule has 0 saturated heterocycles. The summed E-state index contributed by atoms with van der Waals surface area (Å²) in [6.07, 6.45) is -2.92. The number of anilines is 1. The van der Waals surface area contributed by atoms with Crippen molar-refractivity contribution >= 4 is 11.9 Å². The third-order valence-electron chi connectivity index (χ3n) is 2.71. The summed E-state index contributed by atoms with van der Waals surface area (Å²) in [4.78, 5) is 0. The molecule has 2 rings (SSSR count). The number of aryl methyl sites for hydroxylation is 1. The van der Waals surface area contributed by atoms with Crippen molar-refractivity contribution in [2.24, 2.45) is 5.10 Å². The van der Waals surface area contributed by atoms with Gasteiger partial charge in [-0.25, -0.2) is 0 Å². The van der Waals surface area contributed by atoms with Gasteiger partial charge in [-0.2, -0.15) is 18.3 Å². The average molecular weight is 278 g/mol. The van der Waals surface area contributed by atoms with Crippen molar-refractivity contribution in [1.82, 2.24) is 0 Å². The van der Waals surface area contributed by atoms with Crippen molar-refractivity contribution < 1.29 is 13.2 Å². The van der Waals surface area contributed by atoms with Gasteiger partial charge in [-0.1, -0.05) is 42.0 Å². The first-order valence-corrected chi connectivity index (χ1v) is 5.99. The molecule has 0 atom stereocenters. The fourth-order valence-electron chi connectivity index (χ4n) is 1.66. The van der Waals surface area contributed by atoms with E-state index in [9.17, 15) is 13.2 Å². The molecule has 0 aliphatic heterocycles. The summed E-state index contributed by atoms with van der Waals surface area (Å²) in [6.45, 7) is 1.96. The lowest BCUT2D eigenvalue weighted by molar-refractivity contribution is -0.136. The van der Waals surface area contributed by atoms with Crippen molar-refractivity contribution in [2.45, 2.75) is 13.1 Å².